The highest BCUT2D eigenvalue weighted by Gasteiger charge is 2.53. The van der Waals surface area contributed by atoms with E-state index in [1.165, 1.54) is 0 Å². The van der Waals surface area contributed by atoms with Gasteiger partial charge in [-0.15, -0.1) is 0 Å². The van der Waals surface area contributed by atoms with Crippen molar-refractivity contribution in [2.24, 2.45) is 0 Å². The number of carbonyl (C=O) groups excluding carboxylic acids is 1. The Morgan fingerprint density at radius 1 is 1.10 bits per heavy atom. The van der Waals surface area contributed by atoms with Gasteiger partial charge in [0.1, 0.15) is 11.6 Å². The molecule has 5 rings (SSSR count). The predicted octanol–water partition coefficient (Wildman–Crippen LogP) is 2.38. The molecule has 0 spiro atoms. The van der Waals surface area contributed by atoms with Gasteiger partial charge in [0, 0.05) is 56.3 Å². The summed E-state index contributed by atoms with van der Waals surface area (Å²) in [6.45, 7) is 5.01. The lowest BCUT2D eigenvalue weighted by Gasteiger charge is -2.27. The van der Waals surface area contributed by atoms with Gasteiger partial charge in [-0.3, -0.25) is 9.36 Å². The lowest BCUT2D eigenvalue weighted by atomic mass is 10.1. The van der Waals surface area contributed by atoms with Gasteiger partial charge in [0.05, 0.1) is 11.0 Å². The molecule has 0 unspecified atom stereocenters. The summed E-state index contributed by atoms with van der Waals surface area (Å²) in [7, 11) is 0. The number of carboxylic acid groups (broad SMARTS) is 1. The molecule has 2 aliphatic rings. The maximum Gasteiger partial charge on any atom is 0.348 e. The third-order valence-electron chi connectivity index (χ3n) is 5.98. The number of hydrogen-bond acceptors (Lipinski definition) is 5. The summed E-state index contributed by atoms with van der Waals surface area (Å²) >= 11 is 0. The third-order valence-corrected chi connectivity index (χ3v) is 5.98. The highest BCUT2D eigenvalue weighted by Crippen LogP contribution is 2.41. The average Bonchev–Trinajstić information content (AvgIpc) is 3.49. The molecule has 1 aromatic heterocycles. The summed E-state index contributed by atoms with van der Waals surface area (Å²) in [6.07, 6.45) is 1.04. The van der Waals surface area contributed by atoms with Gasteiger partial charge in [-0.25, -0.2) is 9.78 Å². The minimum absolute atomic E-state index is 0.0505. The van der Waals surface area contributed by atoms with Crippen molar-refractivity contribution in [1.29, 1.82) is 0 Å². The van der Waals surface area contributed by atoms with Gasteiger partial charge in [0.25, 0.3) is 5.91 Å². The molecule has 1 aliphatic heterocycles. The van der Waals surface area contributed by atoms with Crippen LogP contribution in [0.4, 0.5) is 0 Å². The first kappa shape index (κ1) is 19.6. The van der Waals surface area contributed by atoms with Crippen molar-refractivity contribution in [3.63, 3.8) is 0 Å². The highest BCUT2D eigenvalue weighted by molar-refractivity contribution is 5.94. The van der Waals surface area contributed by atoms with E-state index in [-0.39, 0.29) is 5.91 Å². The van der Waals surface area contributed by atoms with Crippen LogP contribution in [0.1, 0.15) is 29.0 Å². The van der Waals surface area contributed by atoms with E-state index >= 15 is 0 Å². The molecule has 2 aromatic carbocycles. The number of carboxylic acids is 1. The zero-order valence-corrected chi connectivity index (χ0v) is 17.3. The number of aromatic nitrogens is 2. The molecule has 3 aromatic rings. The number of fused-ring (bicyclic) bond motifs is 1. The Labute approximate surface area is 179 Å². The molecule has 0 atom stereocenters. The Morgan fingerprint density at radius 2 is 1.81 bits per heavy atom. The highest BCUT2D eigenvalue weighted by atomic mass is 16.5. The maximum atomic E-state index is 12.7. The van der Waals surface area contributed by atoms with Crippen LogP contribution in [-0.2, 0) is 4.79 Å². The van der Waals surface area contributed by atoms with Gasteiger partial charge in [-0.2, -0.15) is 0 Å². The molecule has 2 fully saturated rings. The summed E-state index contributed by atoms with van der Waals surface area (Å²) in [4.78, 5) is 30.6. The largest absolute Gasteiger partial charge is 0.478 e. The van der Waals surface area contributed by atoms with E-state index in [0.717, 1.165) is 48.7 Å². The Morgan fingerprint density at radius 3 is 2.45 bits per heavy atom. The van der Waals surface area contributed by atoms with Crippen molar-refractivity contribution in [2.75, 3.05) is 26.2 Å². The number of aliphatic carboxylic acids is 1. The zero-order chi connectivity index (χ0) is 21.6. The van der Waals surface area contributed by atoms with Crippen molar-refractivity contribution in [3.05, 3.63) is 53.9 Å². The first-order chi connectivity index (χ1) is 15.0. The number of nitrogens with zero attached hydrogens (tertiary/aromatic N) is 3. The van der Waals surface area contributed by atoms with E-state index in [1.807, 2.05) is 46.7 Å². The summed E-state index contributed by atoms with van der Waals surface area (Å²) in [5, 5.41) is 12.6. The fraction of sp³-hybridized carbons (Fsp3) is 0.348. The average molecular weight is 420 g/mol. The summed E-state index contributed by atoms with van der Waals surface area (Å²) < 4.78 is 7.76. The zero-order valence-electron chi connectivity index (χ0n) is 17.3. The minimum atomic E-state index is -1.09. The topological polar surface area (TPSA) is 96.7 Å². The molecule has 1 saturated heterocycles. The van der Waals surface area contributed by atoms with Crippen molar-refractivity contribution >= 4 is 22.9 Å². The molecule has 1 amide bonds. The minimum Gasteiger partial charge on any atom is -0.478 e. The molecular formula is C23H24N4O4. The van der Waals surface area contributed by atoms with Crippen molar-refractivity contribution < 1.29 is 19.4 Å². The third kappa shape index (κ3) is 3.53. The maximum absolute atomic E-state index is 12.7. The lowest BCUT2D eigenvalue weighted by molar-refractivity contribution is -0.147. The molecule has 2 heterocycles. The number of ether oxygens (including phenoxy) is 1. The summed E-state index contributed by atoms with van der Waals surface area (Å²) in [5.41, 5.74) is 2.13. The second-order valence-electron chi connectivity index (χ2n) is 8.14. The number of carbonyl (C=O) groups is 2. The van der Waals surface area contributed by atoms with Gasteiger partial charge >= 0.3 is 5.97 Å². The second-order valence-corrected chi connectivity index (χ2v) is 8.14. The summed E-state index contributed by atoms with van der Waals surface area (Å²) in [5.74, 6) is 0.431. The Hall–Kier alpha value is -3.39. The van der Waals surface area contributed by atoms with Gasteiger partial charge in [0.15, 0.2) is 0 Å². The van der Waals surface area contributed by atoms with E-state index in [9.17, 15) is 14.7 Å². The first-order valence-electron chi connectivity index (χ1n) is 10.5. The van der Waals surface area contributed by atoms with Crippen molar-refractivity contribution in [3.8, 4) is 11.4 Å². The number of piperazine rings is 1. The number of rotatable bonds is 5. The quantitative estimate of drug-likeness (QED) is 0.658. The van der Waals surface area contributed by atoms with Gasteiger partial charge in [-0.05, 0) is 43.3 Å². The van der Waals surface area contributed by atoms with Gasteiger partial charge in [-0.1, -0.05) is 0 Å². The van der Waals surface area contributed by atoms with Crippen LogP contribution in [0, 0.1) is 6.92 Å². The number of benzene rings is 2. The number of nitrogens with one attached hydrogen (secondary N) is 1. The molecule has 1 saturated carbocycles. The van der Waals surface area contributed by atoms with E-state index in [4.69, 9.17) is 4.74 Å². The SMILES string of the molecule is Cc1nc2cc(OC3(C(=O)O)CC3)ccc2n1-c1ccc(C(=O)N2CCNCC2)cc1. The fourth-order valence-corrected chi connectivity index (χ4v) is 4.07. The molecule has 160 valence electrons. The molecule has 8 heteroatoms. The molecule has 0 bridgehead atoms. The van der Waals surface area contributed by atoms with E-state index in [1.54, 1.807) is 12.1 Å². The summed E-state index contributed by atoms with van der Waals surface area (Å²) in [6, 6.07) is 13.0. The monoisotopic (exact) mass is 420 g/mol. The van der Waals surface area contributed by atoms with Gasteiger partial charge in [0.2, 0.25) is 5.60 Å². The number of amides is 1. The molecule has 1 aliphatic carbocycles. The van der Waals surface area contributed by atoms with Crippen molar-refractivity contribution in [1.82, 2.24) is 19.8 Å². The number of aryl methyl sites for hydroxylation is 1. The van der Waals surface area contributed by atoms with Crippen LogP contribution in [0.2, 0.25) is 0 Å². The van der Waals surface area contributed by atoms with Crippen LogP contribution >= 0.6 is 0 Å². The first-order valence-corrected chi connectivity index (χ1v) is 10.5. The van der Waals surface area contributed by atoms with Crippen LogP contribution < -0.4 is 10.1 Å². The van der Waals surface area contributed by atoms with E-state index < -0.39 is 11.6 Å². The number of imidazole rings is 1. The standard InChI is InChI=1S/C23H24N4O4/c1-15-25-19-14-18(31-23(8-9-23)22(29)30)6-7-20(19)27(15)17-4-2-16(3-5-17)21(28)26-12-10-24-11-13-26/h2-7,14,24H,8-13H2,1H3,(H,29,30). The van der Waals surface area contributed by atoms with E-state index in [0.29, 0.717) is 24.2 Å². The number of hydrogen-bond donors (Lipinski definition) is 2. The van der Waals surface area contributed by atoms with E-state index in [2.05, 4.69) is 10.3 Å². The van der Waals surface area contributed by atoms with Crippen molar-refractivity contribution in [2.45, 2.75) is 25.4 Å². The van der Waals surface area contributed by atoms with Crippen LogP contribution in [0.5, 0.6) is 5.75 Å². The molecule has 0 radical (unpaired) electrons. The molecule has 31 heavy (non-hydrogen) atoms. The second kappa shape index (κ2) is 7.39. The van der Waals surface area contributed by atoms with Crippen LogP contribution in [0.25, 0.3) is 16.7 Å². The molecule has 8 nitrogen and oxygen atoms in total. The van der Waals surface area contributed by atoms with Crippen LogP contribution in [-0.4, -0.2) is 63.2 Å². The predicted molar refractivity (Wildman–Crippen MR) is 115 cm³/mol. The van der Waals surface area contributed by atoms with Crippen LogP contribution in [0.3, 0.4) is 0 Å². The lowest BCUT2D eigenvalue weighted by Crippen LogP contribution is -2.46. The molecule has 2 N–H and O–H groups in total. The molecular weight excluding hydrogens is 396 g/mol. The Bertz CT molecular complexity index is 1160. The Balaban J connectivity index is 1.41. The normalized spacial score (nSPS) is 17.5. The smallest absolute Gasteiger partial charge is 0.348 e. The van der Waals surface area contributed by atoms with Crippen LogP contribution in [0.15, 0.2) is 42.5 Å². The Kier molecular flexibility index (Phi) is 4.66. The fourth-order valence-electron chi connectivity index (χ4n) is 4.07. The van der Waals surface area contributed by atoms with Gasteiger partial charge < -0.3 is 20.1 Å².